The summed E-state index contributed by atoms with van der Waals surface area (Å²) in [6.45, 7) is 2.48. The maximum Gasteiger partial charge on any atom is 0.226 e. The average molecular weight is 258 g/mol. The highest BCUT2D eigenvalue weighted by molar-refractivity contribution is 5.86. The number of nitrogens with one attached hydrogen (secondary N) is 3. The number of aromatic amines is 1. The quantitative estimate of drug-likeness (QED) is 0.662. The normalized spacial score (nSPS) is 10.8. The first-order chi connectivity index (χ1) is 9.26. The molecule has 3 N–H and O–H groups in total. The van der Waals surface area contributed by atoms with Crippen molar-refractivity contribution < 1.29 is 4.42 Å². The van der Waals surface area contributed by atoms with Gasteiger partial charge in [0.1, 0.15) is 17.3 Å². The van der Waals surface area contributed by atoms with E-state index in [0.29, 0.717) is 18.1 Å². The van der Waals surface area contributed by atoms with E-state index in [9.17, 15) is 0 Å². The highest BCUT2D eigenvalue weighted by Gasteiger charge is 2.09. The summed E-state index contributed by atoms with van der Waals surface area (Å²) in [7, 11) is 1.78. The molecule has 3 heterocycles. The standard InChI is InChI=1S/C12H14N6O/c1-7-3-4-8(19-7)5-14-10-9-6-15-18-11(9)17-12(13-2)16-10/h3-4,6H,5H2,1-2H3,(H3,13,14,15,16,17,18). The second kappa shape index (κ2) is 4.60. The number of nitrogens with zero attached hydrogens (tertiary/aromatic N) is 3. The number of fused-ring (bicyclic) bond motifs is 1. The van der Waals surface area contributed by atoms with Crippen LogP contribution in [0.25, 0.3) is 11.0 Å². The molecule has 0 aliphatic heterocycles. The molecular weight excluding hydrogens is 244 g/mol. The Morgan fingerprint density at radius 3 is 2.95 bits per heavy atom. The second-order valence-corrected chi connectivity index (χ2v) is 4.14. The van der Waals surface area contributed by atoms with Crippen molar-refractivity contribution in [3.05, 3.63) is 29.9 Å². The molecule has 0 aromatic carbocycles. The Hall–Kier alpha value is -2.57. The highest BCUT2D eigenvalue weighted by Crippen LogP contribution is 2.20. The van der Waals surface area contributed by atoms with Crippen molar-refractivity contribution in [2.24, 2.45) is 0 Å². The van der Waals surface area contributed by atoms with Crippen LogP contribution in [0.2, 0.25) is 0 Å². The molecule has 0 saturated carbocycles. The minimum Gasteiger partial charge on any atom is -0.465 e. The summed E-state index contributed by atoms with van der Waals surface area (Å²) in [6, 6.07) is 3.87. The zero-order chi connectivity index (χ0) is 13.2. The van der Waals surface area contributed by atoms with Crippen molar-refractivity contribution in [3.8, 4) is 0 Å². The van der Waals surface area contributed by atoms with E-state index < -0.39 is 0 Å². The van der Waals surface area contributed by atoms with Crippen molar-refractivity contribution in [1.29, 1.82) is 0 Å². The molecule has 98 valence electrons. The van der Waals surface area contributed by atoms with Crippen LogP contribution in [0, 0.1) is 6.92 Å². The maximum atomic E-state index is 5.51. The van der Waals surface area contributed by atoms with Gasteiger partial charge in [-0.15, -0.1) is 0 Å². The Kier molecular flexibility index (Phi) is 2.79. The molecule has 0 saturated heterocycles. The minimum absolute atomic E-state index is 0.537. The molecule has 0 aliphatic rings. The Morgan fingerprint density at radius 2 is 2.21 bits per heavy atom. The first kappa shape index (κ1) is 11.5. The molecule has 3 rings (SSSR count). The van der Waals surface area contributed by atoms with Crippen molar-refractivity contribution in [2.45, 2.75) is 13.5 Å². The molecule has 0 radical (unpaired) electrons. The molecule has 0 amide bonds. The number of aromatic nitrogens is 4. The summed E-state index contributed by atoms with van der Waals surface area (Å²) in [5.74, 6) is 3.01. The van der Waals surface area contributed by atoms with E-state index in [1.165, 1.54) is 0 Å². The lowest BCUT2D eigenvalue weighted by molar-refractivity contribution is 0.490. The Bertz CT molecular complexity index is 701. The van der Waals surface area contributed by atoms with Gasteiger partial charge in [-0.3, -0.25) is 5.10 Å². The third-order valence-electron chi connectivity index (χ3n) is 2.76. The van der Waals surface area contributed by atoms with Gasteiger partial charge in [0.05, 0.1) is 18.1 Å². The van der Waals surface area contributed by atoms with Gasteiger partial charge in [0.25, 0.3) is 0 Å². The van der Waals surface area contributed by atoms with Gasteiger partial charge in [-0.05, 0) is 19.1 Å². The predicted octanol–water partition coefficient (Wildman–Crippen LogP) is 1.91. The van der Waals surface area contributed by atoms with Crippen molar-refractivity contribution in [3.63, 3.8) is 0 Å². The topological polar surface area (TPSA) is 91.7 Å². The van der Waals surface area contributed by atoms with Gasteiger partial charge in [-0.25, -0.2) is 0 Å². The van der Waals surface area contributed by atoms with Crippen LogP contribution in [0.3, 0.4) is 0 Å². The smallest absolute Gasteiger partial charge is 0.226 e. The van der Waals surface area contributed by atoms with E-state index in [0.717, 1.165) is 22.7 Å². The number of H-pyrrole nitrogens is 1. The minimum atomic E-state index is 0.537. The Morgan fingerprint density at radius 1 is 1.32 bits per heavy atom. The zero-order valence-corrected chi connectivity index (χ0v) is 10.7. The molecule has 0 bridgehead atoms. The van der Waals surface area contributed by atoms with Crippen molar-refractivity contribution >= 4 is 22.8 Å². The predicted molar refractivity (Wildman–Crippen MR) is 72.0 cm³/mol. The van der Waals surface area contributed by atoms with E-state index in [1.54, 1.807) is 13.2 Å². The average Bonchev–Trinajstić information content (AvgIpc) is 3.04. The largest absolute Gasteiger partial charge is 0.465 e. The number of anilines is 2. The lowest BCUT2D eigenvalue weighted by atomic mass is 10.3. The summed E-state index contributed by atoms with van der Waals surface area (Å²) in [5, 5.41) is 13.8. The second-order valence-electron chi connectivity index (χ2n) is 4.14. The summed E-state index contributed by atoms with van der Waals surface area (Å²) in [6.07, 6.45) is 1.70. The third kappa shape index (κ3) is 2.22. The lowest BCUT2D eigenvalue weighted by Gasteiger charge is -2.06. The van der Waals surface area contributed by atoms with E-state index >= 15 is 0 Å². The van der Waals surface area contributed by atoms with Gasteiger partial charge in [0, 0.05) is 7.05 Å². The fourth-order valence-electron chi connectivity index (χ4n) is 1.83. The molecule has 3 aromatic rings. The van der Waals surface area contributed by atoms with Crippen LogP contribution in [0.15, 0.2) is 22.7 Å². The zero-order valence-electron chi connectivity index (χ0n) is 10.7. The first-order valence-electron chi connectivity index (χ1n) is 5.94. The molecule has 0 unspecified atom stereocenters. The van der Waals surface area contributed by atoms with Crippen LogP contribution < -0.4 is 10.6 Å². The van der Waals surface area contributed by atoms with Crippen LogP contribution in [0.1, 0.15) is 11.5 Å². The van der Waals surface area contributed by atoms with Crippen molar-refractivity contribution in [2.75, 3.05) is 17.7 Å². The number of furan rings is 1. The summed E-state index contributed by atoms with van der Waals surface area (Å²) in [5.41, 5.74) is 0.692. The van der Waals surface area contributed by atoms with E-state index in [-0.39, 0.29) is 0 Å². The van der Waals surface area contributed by atoms with Gasteiger partial charge < -0.3 is 15.1 Å². The highest BCUT2D eigenvalue weighted by atomic mass is 16.3. The first-order valence-corrected chi connectivity index (χ1v) is 5.94. The molecule has 7 heteroatoms. The van der Waals surface area contributed by atoms with Crippen LogP contribution in [0.5, 0.6) is 0 Å². The van der Waals surface area contributed by atoms with Gasteiger partial charge in [0.2, 0.25) is 5.95 Å². The summed E-state index contributed by atoms with van der Waals surface area (Å²) >= 11 is 0. The van der Waals surface area contributed by atoms with Crippen LogP contribution in [0.4, 0.5) is 11.8 Å². The molecule has 0 atom stereocenters. The number of hydrogen-bond donors (Lipinski definition) is 3. The number of rotatable bonds is 4. The molecule has 7 nitrogen and oxygen atoms in total. The number of hydrogen-bond acceptors (Lipinski definition) is 6. The Balaban J connectivity index is 1.88. The van der Waals surface area contributed by atoms with Crippen LogP contribution in [-0.4, -0.2) is 27.2 Å². The van der Waals surface area contributed by atoms with E-state index in [2.05, 4.69) is 30.8 Å². The fraction of sp³-hybridized carbons (Fsp3) is 0.250. The van der Waals surface area contributed by atoms with Gasteiger partial charge in [-0.2, -0.15) is 15.1 Å². The third-order valence-corrected chi connectivity index (χ3v) is 2.76. The van der Waals surface area contributed by atoms with Gasteiger partial charge >= 0.3 is 0 Å². The Labute approximate surface area is 109 Å². The fourth-order valence-corrected chi connectivity index (χ4v) is 1.83. The lowest BCUT2D eigenvalue weighted by Crippen LogP contribution is -2.04. The SMILES string of the molecule is CNc1nc(NCc2ccc(C)o2)c2cn[nH]c2n1. The van der Waals surface area contributed by atoms with Crippen LogP contribution >= 0.6 is 0 Å². The summed E-state index contributed by atoms with van der Waals surface area (Å²) in [4.78, 5) is 8.65. The van der Waals surface area contributed by atoms with Crippen molar-refractivity contribution in [1.82, 2.24) is 20.2 Å². The van der Waals surface area contributed by atoms with Crippen LogP contribution in [-0.2, 0) is 6.54 Å². The maximum absolute atomic E-state index is 5.51. The van der Waals surface area contributed by atoms with Gasteiger partial charge in [-0.1, -0.05) is 0 Å². The summed E-state index contributed by atoms with van der Waals surface area (Å²) < 4.78 is 5.51. The molecule has 0 spiro atoms. The molecule has 19 heavy (non-hydrogen) atoms. The van der Waals surface area contributed by atoms with E-state index in [1.807, 2.05) is 19.1 Å². The molecule has 3 aromatic heterocycles. The molecule has 0 aliphatic carbocycles. The molecular formula is C12H14N6O. The van der Waals surface area contributed by atoms with Gasteiger partial charge in [0.15, 0.2) is 5.65 Å². The monoisotopic (exact) mass is 258 g/mol. The molecule has 0 fully saturated rings. The van der Waals surface area contributed by atoms with E-state index in [4.69, 9.17) is 4.42 Å². The number of aryl methyl sites for hydroxylation is 1.